The summed E-state index contributed by atoms with van der Waals surface area (Å²) >= 11 is 1.93. The summed E-state index contributed by atoms with van der Waals surface area (Å²) in [7, 11) is 0. The normalized spacial score (nSPS) is 22.9. The molecular formula is C7H12OS. The molecule has 1 rings (SSSR count). The number of carbonyl (C=O) groups is 1. The molecule has 0 unspecified atom stereocenters. The summed E-state index contributed by atoms with van der Waals surface area (Å²) in [6.45, 7) is 3.86. The zero-order valence-electron chi connectivity index (χ0n) is 5.94. The number of rotatable bonds is 2. The van der Waals surface area contributed by atoms with Crippen molar-refractivity contribution in [2.24, 2.45) is 5.41 Å². The van der Waals surface area contributed by atoms with Gasteiger partial charge in [-0.2, -0.15) is 11.8 Å². The Balaban J connectivity index is 2.33. The average Bonchev–Trinajstić information content (AvgIpc) is 1.60. The van der Waals surface area contributed by atoms with Gasteiger partial charge in [-0.25, -0.2) is 0 Å². The van der Waals surface area contributed by atoms with Gasteiger partial charge in [-0.15, -0.1) is 0 Å². The predicted molar refractivity (Wildman–Crippen MR) is 40.7 cm³/mol. The van der Waals surface area contributed by atoms with Gasteiger partial charge < -0.3 is 4.79 Å². The van der Waals surface area contributed by atoms with Gasteiger partial charge >= 0.3 is 0 Å². The smallest absolute Gasteiger partial charge is 0.130 e. The average molecular weight is 144 g/mol. The summed E-state index contributed by atoms with van der Waals surface area (Å²) in [5.74, 6) is 2.68. The van der Waals surface area contributed by atoms with E-state index in [-0.39, 0.29) is 0 Å². The molecule has 0 aliphatic carbocycles. The molecule has 0 amide bonds. The third-order valence-electron chi connectivity index (χ3n) is 1.58. The van der Waals surface area contributed by atoms with Crippen molar-refractivity contribution in [3.63, 3.8) is 0 Å². The molecule has 0 aromatic rings. The van der Waals surface area contributed by atoms with Gasteiger partial charge in [0.25, 0.3) is 0 Å². The van der Waals surface area contributed by atoms with E-state index in [2.05, 4.69) is 6.92 Å². The number of Topliss-reactive ketones (excluding diaryl/α,β-unsaturated/α-hetero) is 1. The van der Waals surface area contributed by atoms with Crippen molar-refractivity contribution in [1.82, 2.24) is 0 Å². The van der Waals surface area contributed by atoms with Crippen molar-refractivity contribution in [2.45, 2.75) is 20.3 Å². The fourth-order valence-electron chi connectivity index (χ4n) is 1.15. The van der Waals surface area contributed by atoms with E-state index >= 15 is 0 Å². The molecule has 1 aliphatic rings. The highest BCUT2D eigenvalue weighted by Crippen LogP contribution is 2.40. The summed E-state index contributed by atoms with van der Waals surface area (Å²) in [5.41, 5.74) is 0.358. The van der Waals surface area contributed by atoms with E-state index in [1.54, 1.807) is 6.92 Å². The Morgan fingerprint density at radius 1 is 1.67 bits per heavy atom. The summed E-state index contributed by atoms with van der Waals surface area (Å²) in [6.07, 6.45) is 0.778. The zero-order chi connectivity index (χ0) is 6.91. The predicted octanol–water partition coefficient (Wildman–Crippen LogP) is 1.72. The van der Waals surface area contributed by atoms with E-state index in [9.17, 15) is 4.79 Å². The zero-order valence-corrected chi connectivity index (χ0v) is 6.75. The number of ketones is 1. The Kier molecular flexibility index (Phi) is 1.85. The maximum absolute atomic E-state index is 10.6. The van der Waals surface area contributed by atoms with Gasteiger partial charge in [0.05, 0.1) is 0 Å². The maximum Gasteiger partial charge on any atom is 0.130 e. The van der Waals surface area contributed by atoms with Crippen molar-refractivity contribution in [2.75, 3.05) is 11.5 Å². The lowest BCUT2D eigenvalue weighted by Crippen LogP contribution is -2.33. The lowest BCUT2D eigenvalue weighted by Gasteiger charge is -2.36. The summed E-state index contributed by atoms with van der Waals surface area (Å²) in [6, 6.07) is 0. The van der Waals surface area contributed by atoms with Crippen LogP contribution in [0.1, 0.15) is 20.3 Å². The minimum Gasteiger partial charge on any atom is -0.300 e. The molecule has 1 fully saturated rings. The van der Waals surface area contributed by atoms with Crippen LogP contribution in [0.25, 0.3) is 0 Å². The number of thioether (sulfide) groups is 1. The van der Waals surface area contributed by atoms with Crippen LogP contribution in [0.5, 0.6) is 0 Å². The molecule has 9 heavy (non-hydrogen) atoms. The molecule has 1 saturated heterocycles. The van der Waals surface area contributed by atoms with Crippen LogP contribution in [0.2, 0.25) is 0 Å². The molecule has 52 valence electrons. The van der Waals surface area contributed by atoms with E-state index < -0.39 is 0 Å². The molecule has 0 atom stereocenters. The van der Waals surface area contributed by atoms with E-state index in [1.807, 2.05) is 11.8 Å². The molecule has 0 aromatic heterocycles. The van der Waals surface area contributed by atoms with Crippen LogP contribution in [-0.4, -0.2) is 17.3 Å². The van der Waals surface area contributed by atoms with Crippen LogP contribution in [0.3, 0.4) is 0 Å². The first-order chi connectivity index (χ1) is 4.12. The second-order valence-electron chi connectivity index (χ2n) is 3.18. The van der Waals surface area contributed by atoms with Crippen molar-refractivity contribution in [1.29, 1.82) is 0 Å². The van der Waals surface area contributed by atoms with Crippen LogP contribution >= 0.6 is 11.8 Å². The van der Waals surface area contributed by atoms with Gasteiger partial charge in [-0.05, 0) is 23.8 Å². The maximum atomic E-state index is 10.6. The van der Waals surface area contributed by atoms with Crippen LogP contribution in [-0.2, 0) is 4.79 Å². The minimum atomic E-state index is 0.331. The van der Waals surface area contributed by atoms with Crippen molar-refractivity contribution >= 4 is 17.5 Å². The van der Waals surface area contributed by atoms with E-state index in [4.69, 9.17) is 0 Å². The quantitative estimate of drug-likeness (QED) is 0.587. The lowest BCUT2D eigenvalue weighted by atomic mass is 9.89. The molecule has 0 aromatic carbocycles. The molecule has 1 nitrogen and oxygen atoms in total. The van der Waals surface area contributed by atoms with Gasteiger partial charge in [0.15, 0.2) is 0 Å². The van der Waals surface area contributed by atoms with Gasteiger partial charge in [-0.1, -0.05) is 6.92 Å². The van der Waals surface area contributed by atoms with Crippen molar-refractivity contribution < 1.29 is 4.79 Å². The van der Waals surface area contributed by atoms with Crippen molar-refractivity contribution in [3.8, 4) is 0 Å². The Hall–Kier alpha value is 0.0200. The van der Waals surface area contributed by atoms with Crippen LogP contribution in [0.15, 0.2) is 0 Å². The largest absolute Gasteiger partial charge is 0.300 e. The van der Waals surface area contributed by atoms with Crippen LogP contribution in [0, 0.1) is 5.41 Å². The molecular weight excluding hydrogens is 132 g/mol. The fourth-order valence-corrected chi connectivity index (χ4v) is 2.26. The first kappa shape index (κ1) is 7.13. The number of hydrogen-bond donors (Lipinski definition) is 0. The second kappa shape index (κ2) is 2.33. The highest BCUT2D eigenvalue weighted by molar-refractivity contribution is 8.00. The third-order valence-corrected chi connectivity index (χ3v) is 3.38. The van der Waals surface area contributed by atoms with E-state index in [1.165, 1.54) is 11.5 Å². The molecule has 0 saturated carbocycles. The fraction of sp³-hybridized carbons (Fsp3) is 0.857. The van der Waals surface area contributed by atoms with E-state index in [0.29, 0.717) is 11.2 Å². The SMILES string of the molecule is CC(=O)CC1(C)CSC1. The van der Waals surface area contributed by atoms with Gasteiger partial charge in [0.1, 0.15) is 5.78 Å². The lowest BCUT2D eigenvalue weighted by molar-refractivity contribution is -0.118. The first-order valence-electron chi connectivity index (χ1n) is 3.20. The molecule has 0 radical (unpaired) electrons. The second-order valence-corrected chi connectivity index (χ2v) is 4.17. The first-order valence-corrected chi connectivity index (χ1v) is 4.35. The Bertz CT molecular complexity index is 127. The molecule has 1 aliphatic heterocycles. The monoisotopic (exact) mass is 144 g/mol. The van der Waals surface area contributed by atoms with Gasteiger partial charge in [-0.3, -0.25) is 0 Å². The van der Waals surface area contributed by atoms with Crippen molar-refractivity contribution in [3.05, 3.63) is 0 Å². The molecule has 0 spiro atoms. The Labute approximate surface area is 60.2 Å². The van der Waals surface area contributed by atoms with Gasteiger partial charge in [0, 0.05) is 6.42 Å². The summed E-state index contributed by atoms with van der Waals surface area (Å²) in [5, 5.41) is 0. The standard InChI is InChI=1S/C7H12OS/c1-6(8)3-7(2)4-9-5-7/h3-5H2,1-2H3. The van der Waals surface area contributed by atoms with Gasteiger partial charge in [0.2, 0.25) is 0 Å². The van der Waals surface area contributed by atoms with Crippen LogP contribution < -0.4 is 0 Å². The summed E-state index contributed by atoms with van der Waals surface area (Å²) < 4.78 is 0. The highest BCUT2D eigenvalue weighted by Gasteiger charge is 2.33. The number of hydrogen-bond acceptors (Lipinski definition) is 2. The Morgan fingerprint density at radius 2 is 2.22 bits per heavy atom. The topological polar surface area (TPSA) is 17.1 Å². The molecule has 1 heterocycles. The molecule has 0 bridgehead atoms. The molecule has 0 N–H and O–H groups in total. The minimum absolute atomic E-state index is 0.331. The highest BCUT2D eigenvalue weighted by atomic mass is 32.2. The molecule has 2 heteroatoms. The Morgan fingerprint density at radius 3 is 2.33 bits per heavy atom. The number of carbonyl (C=O) groups excluding carboxylic acids is 1. The van der Waals surface area contributed by atoms with E-state index in [0.717, 1.165) is 6.42 Å². The third kappa shape index (κ3) is 1.71. The van der Waals surface area contributed by atoms with Crippen LogP contribution in [0.4, 0.5) is 0 Å². The summed E-state index contributed by atoms with van der Waals surface area (Å²) in [4.78, 5) is 10.6.